The molecule has 0 N–H and O–H groups in total. The van der Waals surface area contributed by atoms with E-state index in [0.717, 1.165) is 5.02 Å². The normalized spacial score (nSPS) is 13.3. The first-order chi connectivity index (χ1) is 7.97. The molecule has 0 bridgehead atoms. The average molecular weight is 267 g/mol. The molecule has 1 unspecified atom stereocenters. The fraction of sp³-hybridized carbons (Fsp3) is 0.467. The predicted molar refractivity (Wildman–Crippen MR) is 79.8 cm³/mol. The van der Waals surface area contributed by atoms with Crippen LogP contribution in [-0.4, -0.2) is 0 Å². The molecule has 2 rings (SSSR count). The standard InChI is InChI=1S/C15H19ClS/c1-6-8(2)13-10(4)11(5)14(16)12-7-9(3)17-15(12)13/h7-8H,6H2,1-5H3. The van der Waals surface area contributed by atoms with Gasteiger partial charge in [0.15, 0.2) is 0 Å². The Hall–Kier alpha value is -0.530. The summed E-state index contributed by atoms with van der Waals surface area (Å²) < 4.78 is 1.39. The Balaban J connectivity index is 2.89. The molecule has 0 spiro atoms. The van der Waals surface area contributed by atoms with Crippen molar-refractivity contribution in [3.63, 3.8) is 0 Å². The van der Waals surface area contributed by atoms with Gasteiger partial charge in [0, 0.05) is 15.0 Å². The molecule has 1 atom stereocenters. The van der Waals surface area contributed by atoms with Gasteiger partial charge in [-0.05, 0) is 55.9 Å². The van der Waals surface area contributed by atoms with Gasteiger partial charge >= 0.3 is 0 Å². The lowest BCUT2D eigenvalue weighted by molar-refractivity contribution is 0.734. The first kappa shape index (κ1) is 12.9. The van der Waals surface area contributed by atoms with Crippen molar-refractivity contribution in [2.45, 2.75) is 47.0 Å². The second-order valence-corrected chi connectivity index (χ2v) is 6.52. The van der Waals surface area contributed by atoms with Crippen LogP contribution < -0.4 is 0 Å². The zero-order chi connectivity index (χ0) is 12.7. The number of hydrogen-bond donors (Lipinski definition) is 0. The van der Waals surface area contributed by atoms with Crippen LogP contribution in [0.5, 0.6) is 0 Å². The summed E-state index contributed by atoms with van der Waals surface area (Å²) in [5.41, 5.74) is 4.12. The summed E-state index contributed by atoms with van der Waals surface area (Å²) in [6.45, 7) is 11.1. The summed E-state index contributed by atoms with van der Waals surface area (Å²) in [7, 11) is 0. The molecule has 0 aliphatic heterocycles. The van der Waals surface area contributed by atoms with Crippen LogP contribution in [0.15, 0.2) is 6.07 Å². The summed E-state index contributed by atoms with van der Waals surface area (Å²) in [5, 5.41) is 2.18. The smallest absolute Gasteiger partial charge is 0.0524 e. The lowest BCUT2D eigenvalue weighted by atomic mass is 9.90. The monoisotopic (exact) mass is 266 g/mol. The molecule has 1 heterocycles. The maximum absolute atomic E-state index is 6.47. The van der Waals surface area contributed by atoms with Gasteiger partial charge in [0.05, 0.1) is 5.02 Å². The lowest BCUT2D eigenvalue weighted by Crippen LogP contribution is -1.98. The molecule has 1 aromatic heterocycles. The van der Waals surface area contributed by atoms with E-state index in [1.165, 1.54) is 38.1 Å². The van der Waals surface area contributed by atoms with Gasteiger partial charge in [-0.25, -0.2) is 0 Å². The van der Waals surface area contributed by atoms with E-state index in [0.29, 0.717) is 5.92 Å². The van der Waals surface area contributed by atoms with Gasteiger partial charge in [-0.3, -0.25) is 0 Å². The van der Waals surface area contributed by atoms with E-state index in [-0.39, 0.29) is 0 Å². The highest BCUT2D eigenvalue weighted by molar-refractivity contribution is 7.19. The molecule has 1 aromatic carbocycles. The van der Waals surface area contributed by atoms with Gasteiger partial charge in [0.25, 0.3) is 0 Å². The van der Waals surface area contributed by atoms with Crippen molar-refractivity contribution in [1.29, 1.82) is 0 Å². The van der Waals surface area contributed by atoms with E-state index in [1.54, 1.807) is 0 Å². The zero-order valence-corrected chi connectivity index (χ0v) is 12.7. The Labute approximate surface area is 113 Å². The summed E-state index contributed by atoms with van der Waals surface area (Å²) in [6.07, 6.45) is 1.17. The van der Waals surface area contributed by atoms with E-state index in [1.807, 2.05) is 11.3 Å². The molecular formula is C15H19ClS. The van der Waals surface area contributed by atoms with Gasteiger partial charge in [-0.2, -0.15) is 0 Å². The van der Waals surface area contributed by atoms with Crippen molar-refractivity contribution in [3.8, 4) is 0 Å². The van der Waals surface area contributed by atoms with Crippen LogP contribution in [0.1, 0.15) is 47.8 Å². The first-order valence-corrected chi connectivity index (χ1v) is 7.35. The third-order valence-corrected chi connectivity index (χ3v) is 5.31. The van der Waals surface area contributed by atoms with Crippen LogP contribution in [-0.2, 0) is 0 Å². The van der Waals surface area contributed by atoms with Crippen LogP contribution in [0.2, 0.25) is 5.02 Å². The van der Waals surface area contributed by atoms with Crippen molar-refractivity contribution in [2.24, 2.45) is 0 Å². The minimum atomic E-state index is 0.603. The van der Waals surface area contributed by atoms with Crippen LogP contribution in [0.3, 0.4) is 0 Å². The maximum atomic E-state index is 6.47. The molecule has 0 saturated carbocycles. The number of halogens is 1. The molecule has 0 amide bonds. The largest absolute Gasteiger partial charge is 0.140 e. The van der Waals surface area contributed by atoms with Gasteiger partial charge in [0.1, 0.15) is 0 Å². The SMILES string of the molecule is CCC(C)c1c(C)c(C)c(Cl)c2cc(C)sc12. The molecule has 2 heteroatoms. The molecule has 0 saturated heterocycles. The quantitative estimate of drug-likeness (QED) is 0.626. The van der Waals surface area contributed by atoms with Gasteiger partial charge in [-0.15, -0.1) is 11.3 Å². The second kappa shape index (κ2) is 4.62. The lowest BCUT2D eigenvalue weighted by Gasteiger charge is -2.17. The molecule has 2 aromatic rings. The number of benzene rings is 1. The second-order valence-electron chi connectivity index (χ2n) is 4.89. The number of fused-ring (bicyclic) bond motifs is 1. The minimum absolute atomic E-state index is 0.603. The van der Waals surface area contributed by atoms with E-state index in [2.05, 4.69) is 40.7 Å². The van der Waals surface area contributed by atoms with Crippen LogP contribution in [0.4, 0.5) is 0 Å². The van der Waals surface area contributed by atoms with Crippen molar-refractivity contribution in [1.82, 2.24) is 0 Å². The number of aryl methyl sites for hydroxylation is 1. The molecule has 0 aliphatic rings. The number of rotatable bonds is 2. The number of thiophene rings is 1. The third kappa shape index (κ3) is 2.00. The summed E-state index contributed by atoms with van der Waals surface area (Å²) in [4.78, 5) is 1.34. The van der Waals surface area contributed by atoms with Gasteiger partial charge < -0.3 is 0 Å². The maximum Gasteiger partial charge on any atom is 0.0524 e. The van der Waals surface area contributed by atoms with Crippen molar-refractivity contribution in [3.05, 3.63) is 32.7 Å². The number of hydrogen-bond acceptors (Lipinski definition) is 1. The van der Waals surface area contributed by atoms with Crippen LogP contribution >= 0.6 is 22.9 Å². The molecule has 0 fully saturated rings. The van der Waals surface area contributed by atoms with Crippen molar-refractivity contribution < 1.29 is 0 Å². The highest BCUT2D eigenvalue weighted by atomic mass is 35.5. The Morgan fingerprint density at radius 2 is 1.88 bits per heavy atom. The molecular weight excluding hydrogens is 248 g/mol. The Kier molecular flexibility index (Phi) is 3.51. The summed E-state index contributed by atoms with van der Waals surface area (Å²) >= 11 is 8.35. The van der Waals surface area contributed by atoms with Crippen LogP contribution in [0.25, 0.3) is 10.1 Å². The minimum Gasteiger partial charge on any atom is -0.140 e. The van der Waals surface area contributed by atoms with Crippen molar-refractivity contribution in [2.75, 3.05) is 0 Å². The van der Waals surface area contributed by atoms with Crippen LogP contribution in [0, 0.1) is 20.8 Å². The van der Waals surface area contributed by atoms with Crippen molar-refractivity contribution >= 4 is 33.0 Å². The highest BCUT2D eigenvalue weighted by Crippen LogP contribution is 2.41. The highest BCUT2D eigenvalue weighted by Gasteiger charge is 2.18. The molecule has 0 aliphatic carbocycles. The third-order valence-electron chi connectivity index (χ3n) is 3.74. The molecule has 17 heavy (non-hydrogen) atoms. The fourth-order valence-electron chi connectivity index (χ4n) is 2.41. The molecule has 92 valence electrons. The predicted octanol–water partition coefficient (Wildman–Crippen LogP) is 5.99. The summed E-state index contributed by atoms with van der Waals surface area (Å²) in [5.74, 6) is 0.603. The Morgan fingerprint density at radius 3 is 2.47 bits per heavy atom. The Morgan fingerprint density at radius 1 is 1.24 bits per heavy atom. The van der Waals surface area contributed by atoms with Gasteiger partial charge in [-0.1, -0.05) is 25.4 Å². The summed E-state index contributed by atoms with van der Waals surface area (Å²) in [6, 6.07) is 2.22. The molecule has 0 radical (unpaired) electrons. The molecule has 0 nitrogen and oxygen atoms in total. The topological polar surface area (TPSA) is 0 Å². The van der Waals surface area contributed by atoms with E-state index in [4.69, 9.17) is 11.6 Å². The van der Waals surface area contributed by atoms with Gasteiger partial charge in [0.2, 0.25) is 0 Å². The Bertz CT molecular complexity index is 566. The van der Waals surface area contributed by atoms with E-state index in [9.17, 15) is 0 Å². The fourth-order valence-corrected chi connectivity index (χ4v) is 3.99. The first-order valence-electron chi connectivity index (χ1n) is 6.16. The zero-order valence-electron chi connectivity index (χ0n) is 11.1. The van der Waals surface area contributed by atoms with E-state index < -0.39 is 0 Å². The average Bonchev–Trinajstić information content (AvgIpc) is 2.68. The van der Waals surface area contributed by atoms with E-state index >= 15 is 0 Å².